The molecule has 2 aromatic carbocycles. The number of nitrogens with one attached hydrogen (secondary N) is 2. The smallest absolute Gasteiger partial charge is 0.158 e. The Kier molecular flexibility index (Phi) is 3.27. The zero-order valence-corrected chi connectivity index (χ0v) is 12.7. The molecule has 0 aliphatic rings. The molecule has 2 heterocycles. The van der Waals surface area contributed by atoms with Crippen LogP contribution in [0.4, 0.5) is 11.5 Å². The van der Waals surface area contributed by atoms with Crippen molar-refractivity contribution in [3.8, 4) is 11.4 Å². The average molecular weight is 300 g/mol. The second kappa shape index (κ2) is 5.57. The first-order valence-electron chi connectivity index (χ1n) is 7.53. The molecule has 4 aromatic rings. The normalized spacial score (nSPS) is 10.8. The molecule has 23 heavy (non-hydrogen) atoms. The van der Waals surface area contributed by atoms with Crippen molar-refractivity contribution in [2.75, 3.05) is 5.32 Å². The van der Waals surface area contributed by atoms with Crippen molar-refractivity contribution in [3.05, 3.63) is 72.4 Å². The summed E-state index contributed by atoms with van der Waals surface area (Å²) in [5.74, 6) is 1.61. The number of fused-ring (bicyclic) bond motifs is 1. The number of H-pyrrole nitrogens is 1. The lowest BCUT2D eigenvalue weighted by Gasteiger charge is -2.05. The summed E-state index contributed by atoms with van der Waals surface area (Å²) in [6.45, 7) is 2.08. The van der Waals surface area contributed by atoms with Gasteiger partial charge in [-0.2, -0.15) is 0 Å². The quantitative estimate of drug-likeness (QED) is 0.577. The van der Waals surface area contributed by atoms with E-state index in [-0.39, 0.29) is 0 Å². The summed E-state index contributed by atoms with van der Waals surface area (Å²) in [6, 6.07) is 20.2. The van der Waals surface area contributed by atoms with Crippen molar-refractivity contribution >= 4 is 22.5 Å². The van der Waals surface area contributed by atoms with Crippen molar-refractivity contribution in [2.24, 2.45) is 0 Å². The number of aromatic amines is 1. The van der Waals surface area contributed by atoms with E-state index in [1.807, 2.05) is 42.5 Å². The van der Waals surface area contributed by atoms with Crippen LogP contribution in [-0.2, 0) is 0 Å². The summed E-state index contributed by atoms with van der Waals surface area (Å²) in [5.41, 5.74) is 5.09. The minimum absolute atomic E-state index is 0.754. The van der Waals surface area contributed by atoms with Crippen LogP contribution in [0.3, 0.4) is 0 Å². The van der Waals surface area contributed by atoms with Gasteiger partial charge in [-0.3, -0.25) is 0 Å². The van der Waals surface area contributed by atoms with Gasteiger partial charge in [0.05, 0.1) is 5.52 Å². The fourth-order valence-electron chi connectivity index (χ4n) is 2.61. The van der Waals surface area contributed by atoms with Gasteiger partial charge >= 0.3 is 0 Å². The van der Waals surface area contributed by atoms with Crippen LogP contribution in [0.1, 0.15) is 5.56 Å². The third-order valence-corrected chi connectivity index (χ3v) is 3.73. The second-order valence-corrected chi connectivity index (χ2v) is 5.50. The van der Waals surface area contributed by atoms with E-state index >= 15 is 0 Å². The maximum atomic E-state index is 4.74. The van der Waals surface area contributed by atoms with Gasteiger partial charge in [-0.15, -0.1) is 0 Å². The number of hydrogen-bond donors (Lipinski definition) is 2. The van der Waals surface area contributed by atoms with E-state index in [4.69, 9.17) is 4.98 Å². The Morgan fingerprint density at radius 3 is 2.65 bits per heavy atom. The van der Waals surface area contributed by atoms with Gasteiger partial charge < -0.3 is 10.3 Å². The van der Waals surface area contributed by atoms with E-state index in [0.717, 1.165) is 33.9 Å². The molecule has 0 bridgehead atoms. The first kappa shape index (κ1) is 13.5. The number of para-hydroxylation sites is 1. The van der Waals surface area contributed by atoms with Crippen LogP contribution in [0.25, 0.3) is 22.4 Å². The van der Waals surface area contributed by atoms with Crippen molar-refractivity contribution in [3.63, 3.8) is 0 Å². The predicted molar refractivity (Wildman–Crippen MR) is 93.8 cm³/mol. The summed E-state index contributed by atoms with van der Waals surface area (Å²) >= 11 is 0. The first-order valence-corrected chi connectivity index (χ1v) is 7.53. The number of hydrogen-bond acceptors (Lipinski definition) is 3. The van der Waals surface area contributed by atoms with Crippen LogP contribution in [0, 0.1) is 6.92 Å². The van der Waals surface area contributed by atoms with Crippen LogP contribution in [0.2, 0.25) is 0 Å². The summed E-state index contributed by atoms with van der Waals surface area (Å²) in [6.07, 6.45) is 1.78. The van der Waals surface area contributed by atoms with E-state index in [9.17, 15) is 0 Å². The summed E-state index contributed by atoms with van der Waals surface area (Å²) in [7, 11) is 0. The molecule has 4 rings (SSSR count). The third-order valence-electron chi connectivity index (χ3n) is 3.73. The minimum atomic E-state index is 0.754. The van der Waals surface area contributed by atoms with Crippen molar-refractivity contribution in [1.82, 2.24) is 15.0 Å². The number of aryl methyl sites for hydroxylation is 1. The molecule has 0 unspecified atom stereocenters. The Morgan fingerprint density at radius 1 is 0.957 bits per heavy atom. The average Bonchev–Trinajstić information content (AvgIpc) is 3.01. The number of nitrogens with zero attached hydrogens (tertiary/aromatic N) is 2. The first-order chi connectivity index (χ1) is 11.3. The molecular weight excluding hydrogens is 284 g/mol. The van der Waals surface area contributed by atoms with E-state index < -0.39 is 0 Å². The number of anilines is 2. The van der Waals surface area contributed by atoms with Gasteiger partial charge in [0.1, 0.15) is 11.3 Å². The van der Waals surface area contributed by atoms with Crippen LogP contribution in [0.15, 0.2) is 66.9 Å². The zero-order valence-electron chi connectivity index (χ0n) is 12.7. The lowest BCUT2D eigenvalue weighted by Crippen LogP contribution is -1.93. The van der Waals surface area contributed by atoms with E-state index in [1.165, 1.54) is 5.56 Å². The molecule has 0 aliphatic carbocycles. The van der Waals surface area contributed by atoms with Crippen molar-refractivity contribution in [1.29, 1.82) is 0 Å². The number of aromatic nitrogens is 3. The molecule has 0 saturated carbocycles. The zero-order chi connectivity index (χ0) is 15.6. The predicted octanol–water partition coefficient (Wildman–Crippen LogP) is 4.68. The van der Waals surface area contributed by atoms with Crippen LogP contribution in [0.5, 0.6) is 0 Å². The molecule has 0 atom stereocenters. The van der Waals surface area contributed by atoms with Gasteiger partial charge in [0.2, 0.25) is 0 Å². The number of benzene rings is 2. The molecule has 2 aromatic heterocycles. The van der Waals surface area contributed by atoms with Crippen LogP contribution >= 0.6 is 0 Å². The number of rotatable bonds is 3. The summed E-state index contributed by atoms with van der Waals surface area (Å²) in [4.78, 5) is 12.5. The summed E-state index contributed by atoms with van der Waals surface area (Å²) < 4.78 is 0. The highest BCUT2D eigenvalue weighted by Crippen LogP contribution is 2.26. The molecule has 0 aliphatic heterocycles. The van der Waals surface area contributed by atoms with Gasteiger partial charge in [0.25, 0.3) is 0 Å². The molecule has 0 spiro atoms. The highest BCUT2D eigenvalue weighted by molar-refractivity contribution is 5.89. The maximum Gasteiger partial charge on any atom is 0.158 e. The standard InChI is InChI=1S/C19H16N4/c1-13-6-5-7-14(12-13)18-22-16-10-11-20-19(17(16)23-18)21-15-8-3-2-4-9-15/h2-12H,1H3,(H,20,21)(H,22,23). The monoisotopic (exact) mass is 300 g/mol. The lowest BCUT2D eigenvalue weighted by atomic mass is 10.1. The highest BCUT2D eigenvalue weighted by atomic mass is 15.0. The van der Waals surface area contributed by atoms with E-state index in [2.05, 4.69) is 40.4 Å². The lowest BCUT2D eigenvalue weighted by molar-refractivity contribution is 1.31. The molecule has 4 heteroatoms. The Balaban J connectivity index is 1.78. The topological polar surface area (TPSA) is 53.6 Å². The van der Waals surface area contributed by atoms with Crippen LogP contribution in [-0.4, -0.2) is 15.0 Å². The molecule has 2 N–H and O–H groups in total. The second-order valence-electron chi connectivity index (χ2n) is 5.50. The SMILES string of the molecule is Cc1cccc(-c2nc3c(Nc4ccccc4)nccc3[nH]2)c1. The van der Waals surface area contributed by atoms with Gasteiger partial charge in [0.15, 0.2) is 5.82 Å². The molecular formula is C19H16N4. The highest BCUT2D eigenvalue weighted by Gasteiger charge is 2.10. The third kappa shape index (κ3) is 2.66. The number of pyridine rings is 1. The Hall–Kier alpha value is -3.14. The Labute approximate surface area is 134 Å². The van der Waals surface area contributed by atoms with Crippen molar-refractivity contribution < 1.29 is 0 Å². The molecule has 0 radical (unpaired) electrons. The molecule has 0 amide bonds. The largest absolute Gasteiger partial charge is 0.338 e. The van der Waals surface area contributed by atoms with Gasteiger partial charge in [-0.1, -0.05) is 42.0 Å². The molecule has 0 saturated heterocycles. The summed E-state index contributed by atoms with van der Waals surface area (Å²) in [5, 5.41) is 3.33. The molecule has 0 fully saturated rings. The fourth-order valence-corrected chi connectivity index (χ4v) is 2.61. The van der Waals surface area contributed by atoms with Gasteiger partial charge in [0, 0.05) is 17.4 Å². The van der Waals surface area contributed by atoms with E-state index in [0.29, 0.717) is 0 Å². The molecule has 4 nitrogen and oxygen atoms in total. The van der Waals surface area contributed by atoms with E-state index in [1.54, 1.807) is 6.20 Å². The minimum Gasteiger partial charge on any atom is -0.338 e. The maximum absolute atomic E-state index is 4.74. The van der Waals surface area contributed by atoms with Gasteiger partial charge in [-0.25, -0.2) is 9.97 Å². The molecule has 112 valence electrons. The van der Waals surface area contributed by atoms with Gasteiger partial charge in [-0.05, 0) is 31.2 Å². The Morgan fingerprint density at radius 2 is 1.83 bits per heavy atom. The van der Waals surface area contributed by atoms with Crippen molar-refractivity contribution in [2.45, 2.75) is 6.92 Å². The number of imidazole rings is 1. The van der Waals surface area contributed by atoms with Crippen LogP contribution < -0.4 is 5.32 Å². The Bertz CT molecular complexity index is 957. The fraction of sp³-hybridized carbons (Fsp3) is 0.0526.